The van der Waals surface area contributed by atoms with Crippen LogP contribution in [0.3, 0.4) is 0 Å². The van der Waals surface area contributed by atoms with Crippen molar-refractivity contribution in [2.75, 3.05) is 19.6 Å². The van der Waals surface area contributed by atoms with Gasteiger partial charge in [0.1, 0.15) is 0 Å². The maximum Gasteiger partial charge on any atom is 0.416 e. The summed E-state index contributed by atoms with van der Waals surface area (Å²) in [4.78, 5) is 9.62. The van der Waals surface area contributed by atoms with E-state index in [0.717, 1.165) is 36.1 Å². The number of hydrogen-bond donors (Lipinski definition) is 2. The van der Waals surface area contributed by atoms with Gasteiger partial charge in [-0.3, -0.25) is 0 Å². The van der Waals surface area contributed by atoms with Crippen molar-refractivity contribution in [2.45, 2.75) is 31.0 Å². The molecule has 3 aromatic rings. The number of benzene rings is 2. The van der Waals surface area contributed by atoms with Crippen LogP contribution in [0.5, 0.6) is 0 Å². The number of imidazole rings is 1. The van der Waals surface area contributed by atoms with Gasteiger partial charge in [0, 0.05) is 19.6 Å². The second kappa shape index (κ2) is 7.22. The van der Waals surface area contributed by atoms with Crippen LogP contribution in [0.1, 0.15) is 29.5 Å². The molecule has 0 bridgehead atoms. The minimum Gasteiger partial charge on any atom is -0.385 e. The van der Waals surface area contributed by atoms with Crippen LogP contribution in [0.2, 0.25) is 0 Å². The van der Waals surface area contributed by atoms with E-state index < -0.39 is 17.3 Å². The van der Waals surface area contributed by atoms with Crippen LogP contribution in [-0.2, 0) is 18.2 Å². The molecule has 7 heteroatoms. The van der Waals surface area contributed by atoms with Crippen LogP contribution in [0.4, 0.5) is 13.2 Å². The molecular weight excluding hydrogens is 367 g/mol. The minimum absolute atomic E-state index is 0.512. The summed E-state index contributed by atoms with van der Waals surface area (Å²) >= 11 is 0. The highest BCUT2D eigenvalue weighted by molar-refractivity contribution is 5.75. The van der Waals surface area contributed by atoms with Crippen molar-refractivity contribution in [3.63, 3.8) is 0 Å². The molecule has 28 heavy (non-hydrogen) atoms. The van der Waals surface area contributed by atoms with E-state index in [-0.39, 0.29) is 0 Å². The average molecular weight is 389 g/mol. The summed E-state index contributed by atoms with van der Waals surface area (Å²) in [6, 6.07) is 11.1. The van der Waals surface area contributed by atoms with Gasteiger partial charge in [-0.15, -0.1) is 0 Å². The fraction of sp³-hybridized carbons (Fsp3) is 0.381. The largest absolute Gasteiger partial charge is 0.416 e. The van der Waals surface area contributed by atoms with Crippen LogP contribution < -0.4 is 0 Å². The number of nitrogens with one attached hydrogen (secondary N) is 1. The Balaban J connectivity index is 1.34. The summed E-state index contributed by atoms with van der Waals surface area (Å²) in [5, 5.41) is 10.9. The lowest BCUT2D eigenvalue weighted by molar-refractivity contribution is -0.137. The molecule has 2 aromatic carbocycles. The molecule has 4 nitrogen and oxygen atoms in total. The lowest BCUT2D eigenvalue weighted by atomic mass is 9.84. The number of aromatic nitrogens is 2. The Hall–Kier alpha value is -2.38. The SMILES string of the molecule is OC1(c2ccc(C(F)(F)F)cc2)CCN(CCc2ccc3nc[nH]c3c2)CC1. The van der Waals surface area contributed by atoms with Gasteiger partial charge in [-0.2, -0.15) is 13.2 Å². The van der Waals surface area contributed by atoms with E-state index in [4.69, 9.17) is 0 Å². The van der Waals surface area contributed by atoms with Gasteiger partial charge in [-0.05, 0) is 54.7 Å². The Labute approximate surface area is 161 Å². The highest BCUT2D eigenvalue weighted by atomic mass is 19.4. The predicted octanol–water partition coefficient (Wildman–Crippen LogP) is 4.11. The summed E-state index contributed by atoms with van der Waals surface area (Å²) in [7, 11) is 0. The fourth-order valence-corrected chi connectivity index (χ4v) is 3.83. The third kappa shape index (κ3) is 3.91. The lowest BCUT2D eigenvalue weighted by Crippen LogP contribution is -2.43. The van der Waals surface area contributed by atoms with E-state index in [2.05, 4.69) is 27.0 Å². The summed E-state index contributed by atoms with van der Waals surface area (Å²) in [5.74, 6) is 0. The van der Waals surface area contributed by atoms with Crippen LogP contribution in [0.25, 0.3) is 11.0 Å². The molecule has 0 radical (unpaired) electrons. The topological polar surface area (TPSA) is 52.1 Å². The summed E-state index contributed by atoms with van der Waals surface area (Å²) in [5.41, 5.74) is 2.00. The van der Waals surface area contributed by atoms with Crippen molar-refractivity contribution in [1.82, 2.24) is 14.9 Å². The van der Waals surface area contributed by atoms with Crippen LogP contribution >= 0.6 is 0 Å². The first-order chi connectivity index (χ1) is 13.3. The van der Waals surface area contributed by atoms with Crippen LogP contribution in [-0.4, -0.2) is 39.6 Å². The molecular formula is C21H22F3N3O. The van der Waals surface area contributed by atoms with Gasteiger partial charge in [-0.25, -0.2) is 4.98 Å². The smallest absolute Gasteiger partial charge is 0.385 e. The quantitative estimate of drug-likeness (QED) is 0.706. The maximum atomic E-state index is 12.7. The summed E-state index contributed by atoms with van der Waals surface area (Å²) in [6.45, 7) is 2.30. The molecule has 1 aliphatic heterocycles. The molecule has 1 fully saturated rings. The van der Waals surface area contributed by atoms with Gasteiger partial charge in [0.15, 0.2) is 0 Å². The second-order valence-electron chi connectivity index (χ2n) is 7.45. The first-order valence-electron chi connectivity index (χ1n) is 9.38. The monoisotopic (exact) mass is 389 g/mol. The fourth-order valence-electron chi connectivity index (χ4n) is 3.83. The summed E-state index contributed by atoms with van der Waals surface area (Å²) < 4.78 is 38.2. The highest BCUT2D eigenvalue weighted by Gasteiger charge is 2.35. The number of fused-ring (bicyclic) bond motifs is 1. The van der Waals surface area contributed by atoms with Crippen molar-refractivity contribution in [3.05, 3.63) is 65.5 Å². The number of H-pyrrole nitrogens is 1. The standard InChI is InChI=1S/C21H22F3N3O/c22-21(23,24)17-4-2-16(3-5-17)20(28)8-11-27(12-9-20)10-7-15-1-6-18-19(13-15)26-14-25-18/h1-6,13-14,28H,7-12H2,(H,25,26). The van der Waals surface area contributed by atoms with Gasteiger partial charge < -0.3 is 15.0 Å². The Kier molecular flexibility index (Phi) is 4.89. The van der Waals surface area contributed by atoms with Crippen molar-refractivity contribution in [1.29, 1.82) is 0 Å². The van der Waals surface area contributed by atoms with Crippen LogP contribution in [0, 0.1) is 0 Å². The number of hydrogen-bond acceptors (Lipinski definition) is 3. The normalized spacial score (nSPS) is 17.9. The van der Waals surface area contributed by atoms with E-state index in [1.54, 1.807) is 6.33 Å². The van der Waals surface area contributed by atoms with Gasteiger partial charge >= 0.3 is 6.18 Å². The number of rotatable bonds is 4. The zero-order chi connectivity index (χ0) is 19.8. The maximum absolute atomic E-state index is 12.7. The van der Waals surface area contributed by atoms with E-state index in [1.807, 2.05) is 6.07 Å². The molecule has 1 aromatic heterocycles. The second-order valence-corrected chi connectivity index (χ2v) is 7.45. The molecule has 0 amide bonds. The number of likely N-dealkylation sites (tertiary alicyclic amines) is 1. The van der Waals surface area contributed by atoms with Crippen LogP contribution in [0.15, 0.2) is 48.8 Å². The Bertz CT molecular complexity index is 941. The van der Waals surface area contributed by atoms with Crippen molar-refractivity contribution in [2.24, 2.45) is 0 Å². The average Bonchev–Trinajstić information content (AvgIpc) is 3.15. The van der Waals surface area contributed by atoms with E-state index in [0.29, 0.717) is 31.5 Å². The van der Waals surface area contributed by atoms with Gasteiger partial charge in [-0.1, -0.05) is 18.2 Å². The van der Waals surface area contributed by atoms with Crippen molar-refractivity contribution < 1.29 is 18.3 Å². The molecule has 2 heterocycles. The highest BCUT2D eigenvalue weighted by Crippen LogP contribution is 2.35. The molecule has 4 rings (SSSR count). The van der Waals surface area contributed by atoms with E-state index >= 15 is 0 Å². The minimum atomic E-state index is -4.36. The van der Waals surface area contributed by atoms with Crippen molar-refractivity contribution in [3.8, 4) is 0 Å². The third-order valence-corrected chi connectivity index (χ3v) is 5.63. The molecule has 0 aliphatic carbocycles. The Morgan fingerprint density at radius 3 is 2.46 bits per heavy atom. The van der Waals surface area contributed by atoms with Gasteiger partial charge in [0.2, 0.25) is 0 Å². The number of aromatic amines is 1. The van der Waals surface area contributed by atoms with Crippen molar-refractivity contribution >= 4 is 11.0 Å². The zero-order valence-electron chi connectivity index (χ0n) is 15.3. The molecule has 0 unspecified atom stereocenters. The molecule has 0 saturated carbocycles. The number of piperidine rings is 1. The molecule has 0 atom stereocenters. The van der Waals surface area contributed by atoms with Gasteiger partial charge in [0.05, 0.1) is 28.5 Å². The summed E-state index contributed by atoms with van der Waals surface area (Å²) in [6.07, 6.45) is -0.756. The zero-order valence-corrected chi connectivity index (χ0v) is 15.3. The third-order valence-electron chi connectivity index (χ3n) is 5.63. The van der Waals surface area contributed by atoms with Gasteiger partial charge in [0.25, 0.3) is 0 Å². The first-order valence-corrected chi connectivity index (χ1v) is 9.38. The number of aliphatic hydroxyl groups is 1. The molecule has 2 N–H and O–H groups in total. The number of nitrogens with zero attached hydrogens (tertiary/aromatic N) is 2. The molecule has 0 spiro atoms. The first kappa shape index (κ1) is 19.0. The predicted molar refractivity (Wildman–Crippen MR) is 101 cm³/mol. The number of alkyl halides is 3. The molecule has 148 valence electrons. The van der Waals surface area contributed by atoms with E-state index in [1.165, 1.54) is 17.7 Å². The molecule has 1 aliphatic rings. The lowest BCUT2D eigenvalue weighted by Gasteiger charge is -2.38. The Morgan fingerprint density at radius 2 is 1.79 bits per heavy atom. The molecule has 1 saturated heterocycles. The Morgan fingerprint density at radius 1 is 1.07 bits per heavy atom. The number of halogens is 3. The van der Waals surface area contributed by atoms with E-state index in [9.17, 15) is 18.3 Å².